The van der Waals surface area contributed by atoms with Gasteiger partial charge in [-0.2, -0.15) is 0 Å². The predicted octanol–water partition coefficient (Wildman–Crippen LogP) is 1.75. The molecule has 0 aliphatic rings. The maximum absolute atomic E-state index is 11.1. The van der Waals surface area contributed by atoms with Crippen LogP contribution in [0.15, 0.2) is 12.1 Å². The van der Waals surface area contributed by atoms with Crippen LogP contribution in [0.2, 0.25) is 5.15 Å². The number of carbonyl (C=O) groups is 1. The first kappa shape index (κ1) is 12.4. The van der Waals surface area contributed by atoms with Crippen molar-refractivity contribution < 1.29 is 14.5 Å². The zero-order valence-electron chi connectivity index (χ0n) is 8.47. The summed E-state index contributed by atoms with van der Waals surface area (Å²) < 4.78 is 4.69. The third kappa shape index (κ3) is 3.47. The van der Waals surface area contributed by atoms with E-state index in [0.717, 1.165) is 6.07 Å². The zero-order chi connectivity index (χ0) is 12.1. The monoisotopic (exact) mass is 244 g/mol. The van der Waals surface area contributed by atoms with Gasteiger partial charge < -0.3 is 4.74 Å². The van der Waals surface area contributed by atoms with Crippen LogP contribution in [-0.4, -0.2) is 22.5 Å². The van der Waals surface area contributed by atoms with Crippen molar-refractivity contribution in [2.75, 3.05) is 6.61 Å². The van der Waals surface area contributed by atoms with Crippen LogP contribution in [0.1, 0.15) is 12.6 Å². The van der Waals surface area contributed by atoms with Gasteiger partial charge in [0, 0.05) is 6.07 Å². The van der Waals surface area contributed by atoms with E-state index in [4.69, 9.17) is 16.3 Å². The van der Waals surface area contributed by atoms with Crippen LogP contribution in [0.5, 0.6) is 0 Å². The molecule has 0 fully saturated rings. The maximum Gasteiger partial charge on any atom is 0.311 e. The lowest BCUT2D eigenvalue weighted by Crippen LogP contribution is -2.09. The first-order valence-electron chi connectivity index (χ1n) is 4.49. The normalized spacial score (nSPS) is 9.88. The molecule has 7 heteroatoms. The van der Waals surface area contributed by atoms with Crippen molar-refractivity contribution in [3.63, 3.8) is 0 Å². The zero-order valence-corrected chi connectivity index (χ0v) is 9.23. The smallest absolute Gasteiger partial charge is 0.311 e. The average molecular weight is 245 g/mol. The molecule has 1 aromatic rings. The molecule has 0 N–H and O–H groups in total. The summed E-state index contributed by atoms with van der Waals surface area (Å²) in [5.74, 6) is -0.494. The van der Waals surface area contributed by atoms with Gasteiger partial charge in [0.25, 0.3) is 5.69 Å². The van der Waals surface area contributed by atoms with Gasteiger partial charge in [0.1, 0.15) is 5.15 Å². The quantitative estimate of drug-likeness (QED) is 0.349. The summed E-state index contributed by atoms with van der Waals surface area (Å²) in [4.78, 5) is 24.9. The van der Waals surface area contributed by atoms with E-state index in [-0.39, 0.29) is 29.6 Å². The number of carbonyl (C=O) groups excluding carboxylic acids is 1. The molecule has 6 nitrogen and oxygen atoms in total. The molecule has 0 saturated carbocycles. The van der Waals surface area contributed by atoms with Crippen molar-refractivity contribution >= 4 is 23.3 Å². The number of esters is 1. The van der Waals surface area contributed by atoms with Gasteiger partial charge in [-0.05, 0) is 6.92 Å². The lowest BCUT2D eigenvalue weighted by Gasteiger charge is -2.01. The number of aromatic nitrogens is 1. The van der Waals surface area contributed by atoms with Crippen LogP contribution in [0, 0.1) is 10.1 Å². The van der Waals surface area contributed by atoms with Crippen LogP contribution in [-0.2, 0) is 16.0 Å². The van der Waals surface area contributed by atoms with Crippen molar-refractivity contribution in [1.82, 2.24) is 4.98 Å². The molecule has 0 atom stereocenters. The van der Waals surface area contributed by atoms with Crippen molar-refractivity contribution in [3.05, 3.63) is 33.1 Å². The van der Waals surface area contributed by atoms with E-state index in [1.807, 2.05) is 0 Å². The van der Waals surface area contributed by atoms with Gasteiger partial charge in [-0.3, -0.25) is 14.9 Å². The number of nitrogens with zero attached hydrogens (tertiary/aromatic N) is 2. The highest BCUT2D eigenvalue weighted by atomic mass is 35.5. The summed E-state index contributed by atoms with van der Waals surface area (Å²) in [7, 11) is 0. The van der Waals surface area contributed by atoms with Crippen molar-refractivity contribution in [2.24, 2.45) is 0 Å². The summed E-state index contributed by atoms with van der Waals surface area (Å²) in [6, 6.07) is 2.32. The molecule has 1 aromatic heterocycles. The second-order valence-electron chi connectivity index (χ2n) is 2.88. The van der Waals surface area contributed by atoms with Gasteiger partial charge in [0.2, 0.25) is 0 Å². The number of halogens is 1. The van der Waals surface area contributed by atoms with Gasteiger partial charge in [-0.25, -0.2) is 4.98 Å². The minimum absolute atomic E-state index is 0.0199. The van der Waals surface area contributed by atoms with E-state index in [1.54, 1.807) is 6.92 Å². The van der Waals surface area contributed by atoms with Gasteiger partial charge >= 0.3 is 5.97 Å². The maximum atomic E-state index is 11.1. The van der Waals surface area contributed by atoms with E-state index < -0.39 is 10.9 Å². The third-order valence-corrected chi connectivity index (χ3v) is 1.87. The minimum atomic E-state index is -0.595. The summed E-state index contributed by atoms with van der Waals surface area (Å²) in [6.07, 6.45) is -0.130. The standard InChI is InChI=1S/C9H9ClN2O4/c1-2-16-9(13)4-6-3-7(12(14)15)5-8(10)11-6/h3,5H,2,4H2,1H3. The Morgan fingerprint density at radius 3 is 2.88 bits per heavy atom. The molecule has 0 unspecified atom stereocenters. The Balaban J connectivity index is 2.88. The van der Waals surface area contributed by atoms with Gasteiger partial charge in [-0.15, -0.1) is 0 Å². The second kappa shape index (κ2) is 5.41. The topological polar surface area (TPSA) is 82.3 Å². The fraction of sp³-hybridized carbons (Fsp3) is 0.333. The molecule has 0 aliphatic heterocycles. The van der Waals surface area contributed by atoms with Crippen LogP contribution >= 0.6 is 11.6 Å². The van der Waals surface area contributed by atoms with Gasteiger partial charge in [0.15, 0.2) is 0 Å². The first-order chi connectivity index (χ1) is 7.52. The molecule has 1 heterocycles. The lowest BCUT2D eigenvalue weighted by atomic mass is 10.2. The van der Waals surface area contributed by atoms with Gasteiger partial charge in [0.05, 0.1) is 29.7 Å². The lowest BCUT2D eigenvalue weighted by molar-refractivity contribution is -0.385. The average Bonchev–Trinajstić information content (AvgIpc) is 2.16. The first-order valence-corrected chi connectivity index (χ1v) is 4.87. The Hall–Kier alpha value is -1.69. The fourth-order valence-corrected chi connectivity index (χ4v) is 1.31. The SMILES string of the molecule is CCOC(=O)Cc1cc([N+](=O)[O-])cc(Cl)n1. The highest BCUT2D eigenvalue weighted by Crippen LogP contribution is 2.17. The molecule has 0 saturated heterocycles. The Bertz CT molecular complexity index is 422. The Kier molecular flexibility index (Phi) is 4.19. The summed E-state index contributed by atoms with van der Waals surface area (Å²) >= 11 is 5.59. The van der Waals surface area contributed by atoms with E-state index >= 15 is 0 Å². The minimum Gasteiger partial charge on any atom is -0.466 e. The number of rotatable bonds is 4. The van der Waals surface area contributed by atoms with E-state index in [1.165, 1.54) is 6.07 Å². The second-order valence-corrected chi connectivity index (χ2v) is 3.27. The summed E-state index contributed by atoms with van der Waals surface area (Å²) in [6.45, 7) is 1.92. The number of hydrogen-bond acceptors (Lipinski definition) is 5. The van der Waals surface area contributed by atoms with Crippen LogP contribution < -0.4 is 0 Å². The molecule has 1 rings (SSSR count). The predicted molar refractivity (Wildman–Crippen MR) is 56.2 cm³/mol. The van der Waals surface area contributed by atoms with E-state index in [2.05, 4.69) is 4.98 Å². The molecule has 0 amide bonds. The third-order valence-electron chi connectivity index (χ3n) is 1.67. The molecule has 16 heavy (non-hydrogen) atoms. The molecule has 0 bridgehead atoms. The van der Waals surface area contributed by atoms with E-state index in [0.29, 0.717) is 0 Å². The molecular formula is C9H9ClN2O4. The van der Waals surface area contributed by atoms with Crippen LogP contribution in [0.25, 0.3) is 0 Å². The molecule has 0 spiro atoms. The molecule has 0 aromatic carbocycles. The molecule has 0 radical (unpaired) electrons. The van der Waals surface area contributed by atoms with Crippen LogP contribution in [0.3, 0.4) is 0 Å². The van der Waals surface area contributed by atoms with E-state index in [9.17, 15) is 14.9 Å². The highest BCUT2D eigenvalue weighted by Gasteiger charge is 2.13. The largest absolute Gasteiger partial charge is 0.466 e. The van der Waals surface area contributed by atoms with Crippen molar-refractivity contribution in [2.45, 2.75) is 13.3 Å². The van der Waals surface area contributed by atoms with Gasteiger partial charge in [-0.1, -0.05) is 11.6 Å². The molecule has 0 aliphatic carbocycles. The fourth-order valence-electron chi connectivity index (χ4n) is 1.09. The molecule has 86 valence electrons. The van der Waals surface area contributed by atoms with Crippen LogP contribution in [0.4, 0.5) is 5.69 Å². The Morgan fingerprint density at radius 2 is 2.31 bits per heavy atom. The Labute approximate surface area is 96.3 Å². The number of nitro groups is 1. The Morgan fingerprint density at radius 1 is 1.62 bits per heavy atom. The summed E-state index contributed by atoms with van der Waals surface area (Å²) in [5, 5.41) is 10.5. The molecular weight excluding hydrogens is 236 g/mol. The summed E-state index contributed by atoms with van der Waals surface area (Å²) in [5.41, 5.74) is 0.0250. The van der Waals surface area contributed by atoms with Crippen molar-refractivity contribution in [3.8, 4) is 0 Å². The van der Waals surface area contributed by atoms with Crippen molar-refractivity contribution in [1.29, 1.82) is 0 Å². The number of ether oxygens (including phenoxy) is 1. The number of hydrogen-bond donors (Lipinski definition) is 0. The number of pyridine rings is 1. The highest BCUT2D eigenvalue weighted by molar-refractivity contribution is 6.29.